The second kappa shape index (κ2) is 17.4. The average Bonchev–Trinajstić information content (AvgIpc) is 3.89. The van der Waals surface area contributed by atoms with Crippen molar-refractivity contribution < 1.29 is 0 Å². The van der Waals surface area contributed by atoms with E-state index in [0.717, 1.165) is 57.6 Å². The number of nitrogens with one attached hydrogen (secondary N) is 1. The van der Waals surface area contributed by atoms with Crippen molar-refractivity contribution in [2.45, 2.75) is 52.0 Å². The first-order chi connectivity index (χ1) is 30.6. The molecule has 0 saturated carbocycles. The molecule has 1 aliphatic heterocycles. The molecule has 2 heterocycles. The van der Waals surface area contributed by atoms with Crippen LogP contribution in [0.5, 0.6) is 0 Å². The van der Waals surface area contributed by atoms with Crippen molar-refractivity contribution in [2.24, 2.45) is 9.98 Å². The monoisotopic (exact) mass is 804 g/mol. The highest BCUT2D eigenvalue weighted by atomic mass is 15.2. The fraction of sp³-hybridized carbons (Fsp3) is 0.138. The standard InChI is InChI=1S/C56H46N4.C2H6/c1-5-19-41(6-2)60-54-43-27-16-14-25-39(43)30-32-46(54)51-50-48-35-40(31-33-49(48)58-53(50)44-28-17-18-29-45(44)55(51)60)56(57-4)59-52(42-26-15-13-20-36(42)3)47(38-23-11-8-12-24-38)34-37-21-9-7-10-22-37;1-2/h5-29,31,33,35,51,55,58H,1-2,4,30,32,34H2,3H3;1-2H3/b41-19+,52-47+,59-56?;. The maximum atomic E-state index is 5.54. The number of aliphatic imine (C=N–C) groups is 2. The van der Waals surface area contributed by atoms with Gasteiger partial charge in [0.25, 0.3) is 0 Å². The van der Waals surface area contributed by atoms with Crippen LogP contribution in [0.2, 0.25) is 0 Å². The maximum Gasteiger partial charge on any atom is 0.159 e. The average molecular weight is 805 g/mol. The fourth-order valence-electron chi connectivity index (χ4n) is 9.96. The first-order valence-corrected chi connectivity index (χ1v) is 21.8. The van der Waals surface area contributed by atoms with Crippen LogP contribution in [0.4, 0.5) is 0 Å². The molecule has 0 radical (unpaired) electrons. The summed E-state index contributed by atoms with van der Waals surface area (Å²) >= 11 is 0. The molecule has 6 aromatic carbocycles. The SMILES string of the molecule is C=C/C=C(\C=C)N1C2=C(CCc3ccccc32)C2c3c([nH]c4ccc(C(N=C)=N/C(=C(\Cc5ccccc5)c5ccccc5)c5ccccc5C)cc34)-c3ccccc3C21.CC. The molecule has 304 valence electrons. The van der Waals surface area contributed by atoms with Crippen LogP contribution in [0.25, 0.3) is 39.1 Å². The lowest BCUT2D eigenvalue weighted by atomic mass is 9.73. The summed E-state index contributed by atoms with van der Waals surface area (Å²) in [4.78, 5) is 16.7. The minimum atomic E-state index is 0.0318. The fourth-order valence-corrected chi connectivity index (χ4v) is 9.96. The molecule has 10 rings (SSSR count). The third-order valence-corrected chi connectivity index (χ3v) is 12.6. The first-order valence-electron chi connectivity index (χ1n) is 21.8. The van der Waals surface area contributed by atoms with E-state index < -0.39 is 0 Å². The van der Waals surface area contributed by atoms with E-state index in [1.165, 1.54) is 55.7 Å². The summed E-state index contributed by atoms with van der Waals surface area (Å²) in [6.07, 6.45) is 8.65. The molecule has 2 atom stereocenters. The van der Waals surface area contributed by atoms with Crippen LogP contribution in [-0.4, -0.2) is 22.4 Å². The van der Waals surface area contributed by atoms with Crippen molar-refractivity contribution in [2.75, 3.05) is 0 Å². The Kier molecular flexibility index (Phi) is 11.2. The molecule has 0 fully saturated rings. The number of hydrogen-bond donors (Lipinski definition) is 1. The van der Waals surface area contributed by atoms with Crippen LogP contribution in [0, 0.1) is 6.92 Å². The zero-order chi connectivity index (χ0) is 42.7. The van der Waals surface area contributed by atoms with Crippen molar-refractivity contribution in [3.63, 3.8) is 0 Å². The molecule has 1 aromatic heterocycles. The van der Waals surface area contributed by atoms with Gasteiger partial charge in [-0.05, 0) is 101 Å². The Bertz CT molecular complexity index is 2970. The van der Waals surface area contributed by atoms with Crippen LogP contribution in [0.15, 0.2) is 204 Å². The quantitative estimate of drug-likeness (QED) is 0.0672. The molecule has 0 bridgehead atoms. The van der Waals surface area contributed by atoms with E-state index in [9.17, 15) is 0 Å². The summed E-state index contributed by atoms with van der Waals surface area (Å²) in [6.45, 7) is 18.7. The van der Waals surface area contributed by atoms with Crippen LogP contribution >= 0.6 is 0 Å². The van der Waals surface area contributed by atoms with Crippen LogP contribution < -0.4 is 0 Å². The Morgan fingerprint density at radius 2 is 1.45 bits per heavy atom. The minimum Gasteiger partial charge on any atom is -0.354 e. The summed E-state index contributed by atoms with van der Waals surface area (Å²) in [7, 11) is 0. The summed E-state index contributed by atoms with van der Waals surface area (Å²) in [5, 5.41) is 1.18. The second-order valence-electron chi connectivity index (χ2n) is 15.9. The Morgan fingerprint density at radius 3 is 2.19 bits per heavy atom. The number of aryl methyl sites for hydroxylation is 2. The Hall–Kier alpha value is -7.30. The second-order valence-corrected chi connectivity index (χ2v) is 15.9. The number of aromatic nitrogens is 1. The first kappa shape index (κ1) is 40.1. The molecule has 2 unspecified atom stereocenters. The summed E-state index contributed by atoms with van der Waals surface area (Å²) in [6, 6.07) is 54.3. The van der Waals surface area contributed by atoms with Gasteiger partial charge in [-0.3, -0.25) is 0 Å². The number of amidine groups is 1. The number of allylic oxidation sites excluding steroid dienone is 4. The molecule has 62 heavy (non-hydrogen) atoms. The van der Waals surface area contributed by atoms with Gasteiger partial charge in [0.2, 0.25) is 0 Å². The van der Waals surface area contributed by atoms with E-state index in [4.69, 9.17) is 9.98 Å². The maximum absolute atomic E-state index is 5.54. The van der Waals surface area contributed by atoms with E-state index in [2.05, 4.69) is 194 Å². The molecule has 0 spiro atoms. The predicted molar refractivity (Wildman–Crippen MR) is 263 cm³/mol. The predicted octanol–water partition coefficient (Wildman–Crippen LogP) is 14.5. The lowest BCUT2D eigenvalue weighted by Gasteiger charge is -2.37. The van der Waals surface area contributed by atoms with Crippen molar-refractivity contribution in [3.05, 3.63) is 244 Å². The summed E-state index contributed by atoms with van der Waals surface area (Å²) in [5.74, 6) is 0.687. The number of rotatable bonds is 9. The van der Waals surface area contributed by atoms with Gasteiger partial charge >= 0.3 is 0 Å². The molecular weight excluding hydrogens is 753 g/mol. The highest BCUT2D eigenvalue weighted by Gasteiger charge is 2.49. The molecule has 4 nitrogen and oxygen atoms in total. The number of H-pyrrole nitrogens is 1. The molecule has 4 heteroatoms. The van der Waals surface area contributed by atoms with Gasteiger partial charge in [-0.2, -0.15) is 0 Å². The minimum absolute atomic E-state index is 0.0318. The molecule has 1 N–H and O–H groups in total. The summed E-state index contributed by atoms with van der Waals surface area (Å²) in [5.41, 5.74) is 20.1. The zero-order valence-corrected chi connectivity index (χ0v) is 35.9. The third-order valence-electron chi connectivity index (χ3n) is 12.6. The van der Waals surface area contributed by atoms with Crippen molar-refractivity contribution >= 4 is 40.4 Å². The van der Waals surface area contributed by atoms with Gasteiger partial charge < -0.3 is 9.88 Å². The number of benzene rings is 6. The molecular formula is C58H52N4. The van der Waals surface area contributed by atoms with Gasteiger partial charge in [-0.15, -0.1) is 0 Å². The normalized spacial score (nSPS) is 16.8. The van der Waals surface area contributed by atoms with E-state index >= 15 is 0 Å². The van der Waals surface area contributed by atoms with Gasteiger partial charge in [0.1, 0.15) is 0 Å². The largest absolute Gasteiger partial charge is 0.354 e. The van der Waals surface area contributed by atoms with Gasteiger partial charge in [-0.1, -0.05) is 167 Å². The van der Waals surface area contributed by atoms with Crippen molar-refractivity contribution in [1.82, 2.24) is 9.88 Å². The van der Waals surface area contributed by atoms with Gasteiger partial charge in [0.15, 0.2) is 5.84 Å². The van der Waals surface area contributed by atoms with Crippen LogP contribution in [-0.2, 0) is 12.8 Å². The van der Waals surface area contributed by atoms with E-state index in [1.54, 1.807) is 0 Å². The van der Waals surface area contributed by atoms with Crippen molar-refractivity contribution in [3.8, 4) is 11.3 Å². The molecule has 2 aliphatic carbocycles. The van der Waals surface area contributed by atoms with E-state index in [1.807, 2.05) is 26.0 Å². The topological polar surface area (TPSA) is 43.8 Å². The van der Waals surface area contributed by atoms with Gasteiger partial charge in [0.05, 0.1) is 17.4 Å². The Balaban J connectivity index is 0.00000242. The Labute approximate surface area is 366 Å². The smallest absolute Gasteiger partial charge is 0.159 e. The third kappa shape index (κ3) is 6.92. The van der Waals surface area contributed by atoms with Crippen molar-refractivity contribution in [1.29, 1.82) is 0 Å². The Morgan fingerprint density at radius 1 is 0.758 bits per heavy atom. The number of fused-ring (bicyclic) bond motifs is 11. The highest BCUT2D eigenvalue weighted by molar-refractivity contribution is 6.09. The van der Waals surface area contributed by atoms with Crippen LogP contribution in [0.3, 0.4) is 0 Å². The van der Waals surface area contributed by atoms with E-state index in [0.29, 0.717) is 12.3 Å². The number of aromatic amines is 1. The number of hydrogen-bond acceptors (Lipinski definition) is 2. The van der Waals surface area contributed by atoms with Gasteiger partial charge in [-0.25, -0.2) is 9.98 Å². The molecule has 7 aromatic rings. The lowest BCUT2D eigenvalue weighted by Crippen LogP contribution is -2.27. The lowest BCUT2D eigenvalue weighted by molar-refractivity contribution is 0.371. The summed E-state index contributed by atoms with van der Waals surface area (Å²) < 4.78 is 0. The van der Waals surface area contributed by atoms with E-state index in [-0.39, 0.29) is 12.0 Å². The number of nitrogens with zero attached hydrogens (tertiary/aromatic N) is 3. The highest BCUT2D eigenvalue weighted by Crippen LogP contribution is 2.63. The molecule has 0 saturated heterocycles. The molecule has 0 amide bonds. The van der Waals surface area contributed by atoms with Gasteiger partial charge in [0, 0.05) is 56.9 Å². The molecule has 3 aliphatic rings. The van der Waals surface area contributed by atoms with Crippen LogP contribution in [0.1, 0.15) is 82.3 Å². The zero-order valence-electron chi connectivity index (χ0n) is 35.9.